The summed E-state index contributed by atoms with van der Waals surface area (Å²) in [7, 11) is 1.86. The standard InChI is InChI=1S/C14H15Br2N3/c1-4-11-12(16)14(17-3)19-13(18-11)9-5-6-10(15)8(2)7-9/h5-7H,4H2,1-3H3,(H,17,18,19). The van der Waals surface area contributed by atoms with E-state index in [1.54, 1.807) is 0 Å². The molecule has 1 heterocycles. The normalized spacial score (nSPS) is 10.6. The third kappa shape index (κ3) is 2.98. The van der Waals surface area contributed by atoms with Gasteiger partial charge in [0.05, 0.1) is 10.2 Å². The third-order valence-corrected chi connectivity index (χ3v) is 4.63. The summed E-state index contributed by atoms with van der Waals surface area (Å²) in [6.45, 7) is 4.15. The van der Waals surface area contributed by atoms with Gasteiger partial charge in [0.15, 0.2) is 5.82 Å². The van der Waals surface area contributed by atoms with Gasteiger partial charge in [-0.3, -0.25) is 0 Å². The number of nitrogens with zero attached hydrogens (tertiary/aromatic N) is 2. The highest BCUT2D eigenvalue weighted by molar-refractivity contribution is 9.11. The molecule has 0 amide bonds. The van der Waals surface area contributed by atoms with E-state index < -0.39 is 0 Å². The van der Waals surface area contributed by atoms with E-state index in [4.69, 9.17) is 0 Å². The fourth-order valence-corrected chi connectivity index (χ4v) is 2.71. The summed E-state index contributed by atoms with van der Waals surface area (Å²) in [5, 5.41) is 3.10. The fourth-order valence-electron chi connectivity index (χ4n) is 1.81. The van der Waals surface area contributed by atoms with Gasteiger partial charge in [0.25, 0.3) is 0 Å². The van der Waals surface area contributed by atoms with Gasteiger partial charge in [0, 0.05) is 17.1 Å². The van der Waals surface area contributed by atoms with Crippen molar-refractivity contribution in [1.82, 2.24) is 9.97 Å². The van der Waals surface area contributed by atoms with E-state index in [9.17, 15) is 0 Å². The van der Waals surface area contributed by atoms with Crippen molar-refractivity contribution in [2.75, 3.05) is 12.4 Å². The molecule has 2 rings (SSSR count). The van der Waals surface area contributed by atoms with Crippen molar-refractivity contribution in [3.8, 4) is 11.4 Å². The molecule has 0 aliphatic rings. The average molecular weight is 385 g/mol. The van der Waals surface area contributed by atoms with E-state index in [1.165, 1.54) is 5.56 Å². The molecule has 0 aliphatic carbocycles. The third-order valence-electron chi connectivity index (χ3n) is 2.91. The molecule has 0 radical (unpaired) electrons. The quantitative estimate of drug-likeness (QED) is 0.841. The number of hydrogen-bond donors (Lipinski definition) is 1. The predicted molar refractivity (Wildman–Crippen MR) is 86.5 cm³/mol. The zero-order chi connectivity index (χ0) is 14.0. The van der Waals surface area contributed by atoms with Crippen molar-refractivity contribution in [2.24, 2.45) is 0 Å². The number of aromatic nitrogens is 2. The molecule has 1 aromatic carbocycles. The van der Waals surface area contributed by atoms with Crippen molar-refractivity contribution >= 4 is 37.7 Å². The second-order valence-electron chi connectivity index (χ2n) is 4.22. The molecule has 0 aliphatic heterocycles. The van der Waals surface area contributed by atoms with Gasteiger partial charge >= 0.3 is 0 Å². The summed E-state index contributed by atoms with van der Waals surface area (Å²) in [6.07, 6.45) is 0.861. The van der Waals surface area contributed by atoms with Crippen LogP contribution < -0.4 is 5.32 Å². The first-order valence-electron chi connectivity index (χ1n) is 6.07. The molecule has 1 N–H and O–H groups in total. The lowest BCUT2D eigenvalue weighted by molar-refractivity contribution is 0.991. The molecule has 0 atom stereocenters. The Bertz CT molecular complexity index is 587. The van der Waals surface area contributed by atoms with E-state index in [0.29, 0.717) is 0 Å². The number of benzene rings is 1. The Kier molecular flexibility index (Phi) is 4.58. The highest BCUT2D eigenvalue weighted by Crippen LogP contribution is 2.28. The maximum atomic E-state index is 4.63. The topological polar surface area (TPSA) is 37.8 Å². The number of hydrogen-bond acceptors (Lipinski definition) is 3. The Hall–Kier alpha value is -0.940. The zero-order valence-electron chi connectivity index (χ0n) is 11.1. The van der Waals surface area contributed by atoms with Crippen LogP contribution in [0.2, 0.25) is 0 Å². The molecule has 100 valence electrons. The van der Waals surface area contributed by atoms with Crippen molar-refractivity contribution < 1.29 is 0 Å². The highest BCUT2D eigenvalue weighted by atomic mass is 79.9. The molecular formula is C14H15Br2N3. The van der Waals surface area contributed by atoms with Gasteiger partial charge in [-0.05, 0) is 47.0 Å². The van der Waals surface area contributed by atoms with Crippen molar-refractivity contribution in [2.45, 2.75) is 20.3 Å². The maximum absolute atomic E-state index is 4.63. The SMILES string of the molecule is CCc1nc(-c2ccc(Br)c(C)c2)nc(NC)c1Br. The van der Waals surface area contributed by atoms with Crippen LogP contribution in [0.4, 0.5) is 5.82 Å². The fraction of sp³-hybridized carbons (Fsp3) is 0.286. The van der Waals surface area contributed by atoms with E-state index in [2.05, 4.69) is 67.1 Å². The molecule has 19 heavy (non-hydrogen) atoms. The second-order valence-corrected chi connectivity index (χ2v) is 5.87. The van der Waals surface area contributed by atoms with Crippen LogP contribution in [-0.4, -0.2) is 17.0 Å². The Labute approximate surface area is 130 Å². The number of rotatable bonds is 3. The first kappa shape index (κ1) is 14.5. The Morgan fingerprint density at radius 2 is 1.95 bits per heavy atom. The van der Waals surface area contributed by atoms with Crippen LogP contribution in [-0.2, 0) is 6.42 Å². The minimum atomic E-state index is 0.750. The summed E-state index contributed by atoms with van der Waals surface area (Å²) in [4.78, 5) is 9.18. The largest absolute Gasteiger partial charge is 0.372 e. The molecule has 5 heteroatoms. The summed E-state index contributed by atoms with van der Waals surface area (Å²) < 4.78 is 2.04. The van der Waals surface area contributed by atoms with Crippen LogP contribution in [0.1, 0.15) is 18.2 Å². The van der Waals surface area contributed by atoms with Gasteiger partial charge in [-0.2, -0.15) is 0 Å². The van der Waals surface area contributed by atoms with Gasteiger partial charge in [-0.25, -0.2) is 9.97 Å². The molecule has 0 unspecified atom stereocenters. The van der Waals surface area contributed by atoms with Gasteiger partial charge in [-0.15, -0.1) is 0 Å². The van der Waals surface area contributed by atoms with Gasteiger partial charge in [0.2, 0.25) is 0 Å². The monoisotopic (exact) mass is 383 g/mol. The van der Waals surface area contributed by atoms with E-state index in [1.807, 2.05) is 19.2 Å². The van der Waals surface area contributed by atoms with Gasteiger partial charge in [-0.1, -0.05) is 28.9 Å². The van der Waals surface area contributed by atoms with Gasteiger partial charge < -0.3 is 5.32 Å². The van der Waals surface area contributed by atoms with E-state index >= 15 is 0 Å². The van der Waals surface area contributed by atoms with E-state index in [-0.39, 0.29) is 0 Å². The molecule has 0 saturated heterocycles. The minimum absolute atomic E-state index is 0.750. The highest BCUT2D eigenvalue weighted by Gasteiger charge is 2.12. The summed E-state index contributed by atoms with van der Waals surface area (Å²) in [6, 6.07) is 6.14. The van der Waals surface area contributed by atoms with E-state index in [0.717, 1.165) is 38.3 Å². The van der Waals surface area contributed by atoms with Crippen molar-refractivity contribution in [3.05, 3.63) is 38.4 Å². The lowest BCUT2D eigenvalue weighted by atomic mass is 10.1. The second kappa shape index (κ2) is 6.01. The Balaban J connectivity index is 2.58. The summed E-state index contributed by atoms with van der Waals surface area (Å²) in [5.41, 5.74) is 3.21. The first-order valence-corrected chi connectivity index (χ1v) is 7.66. The minimum Gasteiger partial charge on any atom is -0.372 e. The molecule has 0 bridgehead atoms. The van der Waals surface area contributed by atoms with Crippen molar-refractivity contribution in [3.63, 3.8) is 0 Å². The molecule has 0 saturated carbocycles. The van der Waals surface area contributed by atoms with Crippen LogP contribution in [0.3, 0.4) is 0 Å². The number of aryl methyl sites for hydroxylation is 2. The number of halogens is 2. The first-order chi connectivity index (χ1) is 9.06. The lowest BCUT2D eigenvalue weighted by Crippen LogP contribution is -2.02. The molecular weight excluding hydrogens is 370 g/mol. The molecule has 3 nitrogen and oxygen atoms in total. The zero-order valence-corrected chi connectivity index (χ0v) is 14.3. The predicted octanol–water partition coefficient (Wildman–Crippen LogP) is 4.58. The maximum Gasteiger partial charge on any atom is 0.161 e. The lowest BCUT2D eigenvalue weighted by Gasteiger charge is -2.10. The summed E-state index contributed by atoms with van der Waals surface area (Å²) >= 11 is 7.05. The molecule has 1 aromatic heterocycles. The van der Waals surface area contributed by atoms with Crippen molar-refractivity contribution in [1.29, 1.82) is 0 Å². The van der Waals surface area contributed by atoms with Crippen LogP contribution in [0.5, 0.6) is 0 Å². The smallest absolute Gasteiger partial charge is 0.161 e. The van der Waals surface area contributed by atoms with Crippen LogP contribution in [0.15, 0.2) is 27.1 Å². The van der Waals surface area contributed by atoms with Crippen LogP contribution in [0, 0.1) is 6.92 Å². The van der Waals surface area contributed by atoms with Crippen LogP contribution >= 0.6 is 31.9 Å². The number of anilines is 1. The van der Waals surface area contributed by atoms with Gasteiger partial charge in [0.1, 0.15) is 5.82 Å². The Morgan fingerprint density at radius 1 is 1.21 bits per heavy atom. The summed E-state index contributed by atoms with van der Waals surface area (Å²) in [5.74, 6) is 1.57. The average Bonchev–Trinajstić information content (AvgIpc) is 2.42. The molecule has 0 spiro atoms. The number of nitrogens with one attached hydrogen (secondary N) is 1. The Morgan fingerprint density at radius 3 is 2.53 bits per heavy atom. The molecule has 0 fully saturated rings. The molecule has 2 aromatic rings. The van der Waals surface area contributed by atoms with Crippen LogP contribution in [0.25, 0.3) is 11.4 Å².